The van der Waals surface area contributed by atoms with Crippen molar-refractivity contribution in [2.75, 3.05) is 32.8 Å². The van der Waals surface area contributed by atoms with E-state index in [0.717, 1.165) is 51.3 Å². The summed E-state index contributed by atoms with van der Waals surface area (Å²) in [5.41, 5.74) is 0. The summed E-state index contributed by atoms with van der Waals surface area (Å²) in [6, 6.07) is 0. The molecule has 0 aromatic carbocycles. The highest BCUT2D eigenvalue weighted by atomic mass is 16.5. The molecule has 4 heteroatoms. The predicted molar refractivity (Wildman–Crippen MR) is 87.6 cm³/mol. The van der Waals surface area contributed by atoms with Crippen molar-refractivity contribution in [2.24, 2.45) is 11.8 Å². The average Bonchev–Trinajstić information content (AvgIpc) is 3.08. The minimum atomic E-state index is 0.212. The molecule has 0 aromatic rings. The normalized spacial score (nSPS) is 30.5. The van der Waals surface area contributed by atoms with Gasteiger partial charge < -0.3 is 15.0 Å². The maximum Gasteiger partial charge on any atom is 0.223 e. The molecule has 2 saturated heterocycles. The molecular weight excluding hydrogens is 276 g/mol. The summed E-state index contributed by atoms with van der Waals surface area (Å²) in [4.78, 5) is 14.8. The van der Waals surface area contributed by atoms with Crippen LogP contribution in [0, 0.1) is 11.8 Å². The van der Waals surface area contributed by atoms with E-state index in [-0.39, 0.29) is 17.9 Å². The minimum Gasteiger partial charge on any atom is -0.376 e. The van der Waals surface area contributed by atoms with E-state index in [1.54, 1.807) is 0 Å². The van der Waals surface area contributed by atoms with Crippen LogP contribution in [-0.2, 0) is 9.53 Å². The number of likely N-dealkylation sites (tertiary alicyclic amines) is 1. The third kappa shape index (κ3) is 4.56. The number of hydrogen-bond donors (Lipinski definition) is 1. The largest absolute Gasteiger partial charge is 0.376 e. The van der Waals surface area contributed by atoms with Gasteiger partial charge >= 0.3 is 0 Å². The molecule has 22 heavy (non-hydrogen) atoms. The maximum atomic E-state index is 12.3. The molecule has 4 nitrogen and oxygen atoms in total. The first kappa shape index (κ1) is 16.0. The van der Waals surface area contributed by atoms with Crippen LogP contribution in [0.4, 0.5) is 0 Å². The van der Waals surface area contributed by atoms with Crippen LogP contribution in [-0.4, -0.2) is 49.7 Å². The molecule has 3 aliphatic rings. The molecule has 0 radical (unpaired) electrons. The lowest BCUT2D eigenvalue weighted by atomic mass is 9.91. The highest BCUT2D eigenvalue weighted by molar-refractivity contribution is 5.78. The van der Waals surface area contributed by atoms with Crippen LogP contribution in [0.15, 0.2) is 12.2 Å². The Morgan fingerprint density at radius 2 is 2.05 bits per heavy atom. The number of amides is 1. The predicted octanol–water partition coefficient (Wildman–Crippen LogP) is 2.35. The van der Waals surface area contributed by atoms with E-state index in [0.29, 0.717) is 6.54 Å². The van der Waals surface area contributed by atoms with Gasteiger partial charge in [-0.2, -0.15) is 0 Å². The Balaban J connectivity index is 1.33. The van der Waals surface area contributed by atoms with Crippen molar-refractivity contribution in [3.63, 3.8) is 0 Å². The molecule has 3 rings (SSSR count). The van der Waals surface area contributed by atoms with Crippen LogP contribution < -0.4 is 5.32 Å². The number of allylic oxidation sites excluding steroid dienone is 2. The second-order valence-corrected chi connectivity index (χ2v) is 7.11. The molecule has 1 amide bonds. The molecule has 0 bridgehead atoms. The Labute approximate surface area is 134 Å². The molecule has 124 valence electrons. The smallest absolute Gasteiger partial charge is 0.223 e. The number of carbonyl (C=O) groups excluding carboxylic acids is 1. The fourth-order valence-corrected chi connectivity index (χ4v) is 3.93. The van der Waals surface area contributed by atoms with Crippen molar-refractivity contribution in [3.8, 4) is 0 Å². The van der Waals surface area contributed by atoms with Gasteiger partial charge in [-0.15, -0.1) is 0 Å². The molecule has 0 spiro atoms. The summed E-state index contributed by atoms with van der Waals surface area (Å²) in [6.45, 7) is 4.94. The van der Waals surface area contributed by atoms with Gasteiger partial charge in [0.1, 0.15) is 0 Å². The highest BCUT2D eigenvalue weighted by Gasteiger charge is 2.27. The second-order valence-electron chi connectivity index (χ2n) is 7.11. The zero-order valence-corrected chi connectivity index (χ0v) is 13.6. The summed E-state index contributed by atoms with van der Waals surface area (Å²) in [5, 5.41) is 3.10. The van der Waals surface area contributed by atoms with E-state index in [1.807, 2.05) is 0 Å². The molecule has 2 fully saturated rings. The Morgan fingerprint density at radius 1 is 1.18 bits per heavy atom. The van der Waals surface area contributed by atoms with Crippen molar-refractivity contribution in [3.05, 3.63) is 12.2 Å². The van der Waals surface area contributed by atoms with Gasteiger partial charge in [-0.05, 0) is 64.0 Å². The summed E-state index contributed by atoms with van der Waals surface area (Å²) in [7, 11) is 0. The summed E-state index contributed by atoms with van der Waals surface area (Å²) >= 11 is 0. The van der Waals surface area contributed by atoms with Gasteiger partial charge in [0.15, 0.2) is 0 Å². The van der Waals surface area contributed by atoms with Crippen molar-refractivity contribution in [2.45, 2.75) is 51.0 Å². The maximum absolute atomic E-state index is 12.3. The minimum absolute atomic E-state index is 0.212. The fourth-order valence-electron chi connectivity index (χ4n) is 3.93. The van der Waals surface area contributed by atoms with E-state index < -0.39 is 0 Å². The van der Waals surface area contributed by atoms with Crippen molar-refractivity contribution < 1.29 is 9.53 Å². The van der Waals surface area contributed by atoms with Gasteiger partial charge in [0.25, 0.3) is 0 Å². The molecule has 1 aliphatic carbocycles. The summed E-state index contributed by atoms with van der Waals surface area (Å²) in [6.07, 6.45) is 13.0. The van der Waals surface area contributed by atoms with Gasteiger partial charge in [-0.3, -0.25) is 4.79 Å². The standard InChI is InChI=1S/C18H30N2O2/c21-18(19-13-17-7-4-12-22-17)16-8-10-20(11-9-16)14-15-5-2-1-3-6-15/h1-2,15-17H,3-14H2,(H,19,21)/t15-,17-/m0/s1. The van der Waals surface area contributed by atoms with Crippen molar-refractivity contribution >= 4 is 5.91 Å². The van der Waals surface area contributed by atoms with Crippen molar-refractivity contribution in [1.82, 2.24) is 10.2 Å². The lowest BCUT2D eigenvalue weighted by molar-refractivity contribution is -0.127. The summed E-state index contributed by atoms with van der Waals surface area (Å²) in [5.74, 6) is 1.29. The zero-order chi connectivity index (χ0) is 15.2. The first-order valence-electron chi connectivity index (χ1n) is 9.08. The van der Waals surface area contributed by atoms with E-state index in [1.165, 1.54) is 25.8 Å². The molecule has 2 heterocycles. The first-order valence-corrected chi connectivity index (χ1v) is 9.08. The van der Waals surface area contributed by atoms with Gasteiger partial charge in [-0.25, -0.2) is 0 Å². The van der Waals surface area contributed by atoms with E-state index in [4.69, 9.17) is 4.74 Å². The van der Waals surface area contributed by atoms with Gasteiger partial charge in [-0.1, -0.05) is 12.2 Å². The van der Waals surface area contributed by atoms with Crippen LogP contribution in [0.2, 0.25) is 0 Å². The Morgan fingerprint density at radius 3 is 2.73 bits per heavy atom. The van der Waals surface area contributed by atoms with Crippen molar-refractivity contribution in [1.29, 1.82) is 0 Å². The van der Waals surface area contributed by atoms with Crippen LogP contribution in [0.1, 0.15) is 44.9 Å². The van der Waals surface area contributed by atoms with Gasteiger partial charge in [0, 0.05) is 25.6 Å². The summed E-state index contributed by atoms with van der Waals surface area (Å²) < 4.78 is 5.56. The monoisotopic (exact) mass is 306 g/mol. The molecule has 2 atom stereocenters. The fraction of sp³-hybridized carbons (Fsp3) is 0.833. The third-order valence-corrected chi connectivity index (χ3v) is 5.38. The molecule has 2 aliphatic heterocycles. The van der Waals surface area contributed by atoms with E-state index in [9.17, 15) is 4.79 Å². The van der Waals surface area contributed by atoms with E-state index in [2.05, 4.69) is 22.4 Å². The number of piperidine rings is 1. The Bertz CT molecular complexity index is 383. The average molecular weight is 306 g/mol. The van der Waals surface area contributed by atoms with Crippen LogP contribution >= 0.6 is 0 Å². The lowest BCUT2D eigenvalue weighted by Gasteiger charge is -2.34. The number of rotatable bonds is 5. The molecule has 0 aromatic heterocycles. The molecule has 1 N–H and O–H groups in total. The molecular formula is C18H30N2O2. The van der Waals surface area contributed by atoms with Crippen LogP contribution in [0.25, 0.3) is 0 Å². The molecule has 0 unspecified atom stereocenters. The Kier molecular flexibility index (Phi) is 5.90. The SMILES string of the molecule is O=C(NC[C@@H]1CCCO1)C1CCN(C[C@H]2CC=CCC2)CC1. The van der Waals surface area contributed by atoms with Crippen LogP contribution in [0.5, 0.6) is 0 Å². The number of carbonyl (C=O) groups is 1. The third-order valence-electron chi connectivity index (χ3n) is 5.38. The Hall–Kier alpha value is -0.870. The molecule has 0 saturated carbocycles. The van der Waals surface area contributed by atoms with Gasteiger partial charge in [0.2, 0.25) is 5.91 Å². The first-order chi connectivity index (χ1) is 10.8. The lowest BCUT2D eigenvalue weighted by Crippen LogP contribution is -2.43. The number of ether oxygens (including phenoxy) is 1. The topological polar surface area (TPSA) is 41.6 Å². The zero-order valence-electron chi connectivity index (χ0n) is 13.6. The van der Waals surface area contributed by atoms with Gasteiger partial charge in [0.05, 0.1) is 6.10 Å². The number of nitrogens with zero attached hydrogens (tertiary/aromatic N) is 1. The van der Waals surface area contributed by atoms with Crippen LogP contribution in [0.3, 0.4) is 0 Å². The second kappa shape index (κ2) is 8.11. The number of hydrogen-bond acceptors (Lipinski definition) is 3. The highest BCUT2D eigenvalue weighted by Crippen LogP contribution is 2.23. The quantitative estimate of drug-likeness (QED) is 0.793. The van der Waals surface area contributed by atoms with E-state index >= 15 is 0 Å². The number of nitrogens with one attached hydrogen (secondary N) is 1.